The first-order chi connectivity index (χ1) is 7.72. The monoisotopic (exact) mass is 248 g/mol. The molecule has 0 spiro atoms. The first kappa shape index (κ1) is 13.6. The van der Waals surface area contributed by atoms with Crippen molar-refractivity contribution < 1.29 is 13.7 Å². The lowest BCUT2D eigenvalue weighted by molar-refractivity contribution is -0.120. The Morgan fingerprint density at radius 1 is 1.44 bits per heavy atom. The van der Waals surface area contributed by atoms with E-state index in [1.54, 1.807) is 7.11 Å². The minimum absolute atomic E-state index is 0.0104. The molecular formula is C10H20N2O3S. The molecule has 1 saturated heterocycles. The standard InChI is InChI=1S/C10H20N2O3S/c1-15-5-4-11-10(13)8-12-9-2-6-16(14)7-3-9/h9,12H,2-8H2,1H3,(H,11,13). The maximum Gasteiger partial charge on any atom is 0.234 e. The minimum atomic E-state index is -0.638. The highest BCUT2D eigenvalue weighted by atomic mass is 32.2. The van der Waals surface area contributed by atoms with Gasteiger partial charge in [-0.05, 0) is 12.8 Å². The Hall–Kier alpha value is -0.460. The number of nitrogens with one attached hydrogen (secondary N) is 2. The van der Waals surface area contributed by atoms with Crippen molar-refractivity contribution in [1.29, 1.82) is 0 Å². The van der Waals surface area contributed by atoms with Gasteiger partial charge in [0.05, 0.1) is 13.2 Å². The fourth-order valence-electron chi connectivity index (χ4n) is 1.59. The van der Waals surface area contributed by atoms with Gasteiger partial charge in [0.1, 0.15) is 0 Å². The lowest BCUT2D eigenvalue weighted by atomic mass is 10.1. The van der Waals surface area contributed by atoms with Crippen LogP contribution >= 0.6 is 0 Å². The predicted molar refractivity (Wildman–Crippen MR) is 63.8 cm³/mol. The Bertz CT molecular complexity index is 238. The van der Waals surface area contributed by atoms with E-state index in [9.17, 15) is 9.00 Å². The molecule has 1 aliphatic rings. The zero-order chi connectivity index (χ0) is 11.8. The summed E-state index contributed by atoms with van der Waals surface area (Å²) < 4.78 is 15.9. The zero-order valence-electron chi connectivity index (χ0n) is 9.66. The molecule has 5 nitrogen and oxygen atoms in total. The van der Waals surface area contributed by atoms with Crippen molar-refractivity contribution in [2.75, 3.05) is 38.3 Å². The molecule has 0 atom stereocenters. The van der Waals surface area contributed by atoms with Crippen LogP contribution in [0.1, 0.15) is 12.8 Å². The average Bonchev–Trinajstić information content (AvgIpc) is 2.29. The van der Waals surface area contributed by atoms with Crippen LogP contribution in [0.2, 0.25) is 0 Å². The second-order valence-corrected chi connectivity index (χ2v) is 5.54. The van der Waals surface area contributed by atoms with Crippen LogP contribution < -0.4 is 10.6 Å². The van der Waals surface area contributed by atoms with E-state index in [2.05, 4.69) is 10.6 Å². The van der Waals surface area contributed by atoms with Gasteiger partial charge >= 0.3 is 0 Å². The molecule has 0 unspecified atom stereocenters. The third-order valence-electron chi connectivity index (χ3n) is 2.57. The van der Waals surface area contributed by atoms with Crippen LogP contribution in [-0.4, -0.2) is 54.5 Å². The number of rotatable bonds is 6. The largest absolute Gasteiger partial charge is 0.383 e. The molecule has 94 valence electrons. The van der Waals surface area contributed by atoms with E-state index in [0.717, 1.165) is 24.3 Å². The number of ether oxygens (including phenoxy) is 1. The Morgan fingerprint density at radius 3 is 2.75 bits per heavy atom. The summed E-state index contributed by atoms with van der Waals surface area (Å²) in [5.41, 5.74) is 0. The van der Waals surface area contributed by atoms with Crippen molar-refractivity contribution >= 4 is 16.7 Å². The third-order valence-corrected chi connectivity index (χ3v) is 3.95. The topological polar surface area (TPSA) is 67.4 Å². The molecule has 0 saturated carbocycles. The Kier molecular flexibility index (Phi) is 6.59. The van der Waals surface area contributed by atoms with Crippen LogP contribution in [0.3, 0.4) is 0 Å². The van der Waals surface area contributed by atoms with Crippen molar-refractivity contribution in [3.05, 3.63) is 0 Å². The molecule has 1 rings (SSSR count). The summed E-state index contributed by atoms with van der Waals surface area (Å²) in [6.07, 6.45) is 1.80. The summed E-state index contributed by atoms with van der Waals surface area (Å²) in [5.74, 6) is 1.50. The molecular weight excluding hydrogens is 228 g/mol. The highest BCUT2D eigenvalue weighted by Crippen LogP contribution is 2.08. The summed E-state index contributed by atoms with van der Waals surface area (Å²) in [6.45, 7) is 1.42. The van der Waals surface area contributed by atoms with Gasteiger partial charge in [-0.2, -0.15) is 0 Å². The van der Waals surface area contributed by atoms with Crippen molar-refractivity contribution in [1.82, 2.24) is 10.6 Å². The number of hydrogen-bond donors (Lipinski definition) is 2. The van der Waals surface area contributed by atoms with Crippen LogP contribution in [0.25, 0.3) is 0 Å². The van der Waals surface area contributed by atoms with Gasteiger partial charge in [-0.3, -0.25) is 9.00 Å². The fraction of sp³-hybridized carbons (Fsp3) is 0.900. The van der Waals surface area contributed by atoms with E-state index in [4.69, 9.17) is 4.74 Å². The Labute approximate surface area is 98.8 Å². The molecule has 1 amide bonds. The van der Waals surface area contributed by atoms with Gasteiger partial charge < -0.3 is 15.4 Å². The van der Waals surface area contributed by atoms with Gasteiger partial charge in [-0.1, -0.05) is 0 Å². The van der Waals surface area contributed by atoms with E-state index in [-0.39, 0.29) is 5.91 Å². The Morgan fingerprint density at radius 2 is 2.12 bits per heavy atom. The molecule has 0 aromatic rings. The second-order valence-electron chi connectivity index (χ2n) is 3.85. The van der Waals surface area contributed by atoms with E-state index < -0.39 is 10.8 Å². The summed E-state index contributed by atoms with van der Waals surface area (Å²) in [6, 6.07) is 0.339. The molecule has 2 N–H and O–H groups in total. The molecule has 1 fully saturated rings. The van der Waals surface area contributed by atoms with Crippen LogP contribution in [-0.2, 0) is 20.3 Å². The number of methoxy groups -OCH3 is 1. The number of hydrogen-bond acceptors (Lipinski definition) is 4. The first-order valence-electron chi connectivity index (χ1n) is 5.56. The van der Waals surface area contributed by atoms with Gasteiger partial charge in [0, 0.05) is 42.0 Å². The fourth-order valence-corrected chi connectivity index (χ4v) is 2.89. The number of carbonyl (C=O) groups is 1. The van der Waals surface area contributed by atoms with Crippen LogP contribution in [0, 0.1) is 0 Å². The highest BCUT2D eigenvalue weighted by Gasteiger charge is 2.17. The van der Waals surface area contributed by atoms with Gasteiger partial charge in [0.25, 0.3) is 0 Å². The molecule has 0 aromatic heterocycles. The first-order valence-corrected chi connectivity index (χ1v) is 7.05. The lowest BCUT2D eigenvalue weighted by Crippen LogP contribution is -2.42. The van der Waals surface area contributed by atoms with Gasteiger partial charge in [-0.25, -0.2) is 0 Å². The molecule has 16 heavy (non-hydrogen) atoms. The molecule has 0 bridgehead atoms. The van der Waals surface area contributed by atoms with Crippen LogP contribution in [0.15, 0.2) is 0 Å². The van der Waals surface area contributed by atoms with E-state index >= 15 is 0 Å². The Balaban J connectivity index is 2.05. The third kappa shape index (κ3) is 5.58. The zero-order valence-corrected chi connectivity index (χ0v) is 10.5. The van der Waals surface area contributed by atoms with E-state index in [1.807, 2.05) is 0 Å². The SMILES string of the molecule is COCCNC(=O)CNC1CCS(=O)CC1. The smallest absolute Gasteiger partial charge is 0.234 e. The summed E-state index contributed by atoms with van der Waals surface area (Å²) >= 11 is 0. The van der Waals surface area contributed by atoms with Gasteiger partial charge in [0.15, 0.2) is 0 Å². The summed E-state index contributed by atoms with van der Waals surface area (Å²) in [7, 11) is 0.965. The maximum atomic E-state index is 11.3. The number of amides is 1. The summed E-state index contributed by atoms with van der Waals surface area (Å²) in [4.78, 5) is 11.3. The molecule has 0 radical (unpaired) electrons. The second kappa shape index (κ2) is 7.76. The molecule has 1 aliphatic heterocycles. The summed E-state index contributed by atoms with van der Waals surface area (Å²) in [5, 5.41) is 5.93. The predicted octanol–water partition coefficient (Wildman–Crippen LogP) is -0.750. The highest BCUT2D eigenvalue weighted by molar-refractivity contribution is 7.85. The van der Waals surface area contributed by atoms with E-state index in [1.165, 1.54) is 0 Å². The number of carbonyl (C=O) groups excluding carboxylic acids is 1. The normalized spacial score (nSPS) is 25.3. The molecule has 1 heterocycles. The van der Waals surface area contributed by atoms with Crippen molar-refractivity contribution in [3.63, 3.8) is 0 Å². The van der Waals surface area contributed by atoms with Gasteiger partial charge in [-0.15, -0.1) is 0 Å². The lowest BCUT2D eigenvalue weighted by Gasteiger charge is -2.22. The quantitative estimate of drug-likeness (QED) is 0.607. The average molecular weight is 248 g/mol. The van der Waals surface area contributed by atoms with Crippen molar-refractivity contribution in [3.8, 4) is 0 Å². The molecule has 6 heteroatoms. The van der Waals surface area contributed by atoms with Crippen LogP contribution in [0.4, 0.5) is 0 Å². The van der Waals surface area contributed by atoms with Crippen molar-refractivity contribution in [2.45, 2.75) is 18.9 Å². The molecule has 0 aliphatic carbocycles. The van der Waals surface area contributed by atoms with Crippen LogP contribution in [0.5, 0.6) is 0 Å². The van der Waals surface area contributed by atoms with Crippen molar-refractivity contribution in [2.24, 2.45) is 0 Å². The molecule has 0 aromatic carbocycles. The van der Waals surface area contributed by atoms with E-state index in [0.29, 0.717) is 25.7 Å². The minimum Gasteiger partial charge on any atom is -0.383 e. The van der Waals surface area contributed by atoms with Gasteiger partial charge in [0.2, 0.25) is 5.91 Å². The maximum absolute atomic E-state index is 11.3.